The summed E-state index contributed by atoms with van der Waals surface area (Å²) in [4.78, 5) is 8.60. The SMILES string of the molecule is CC.COc1nc(C)c2cc(Cl)c(C)c(C)c2n1. The first-order valence-electron chi connectivity index (χ1n) is 6.02. The number of ether oxygens (including phenoxy) is 1. The van der Waals surface area contributed by atoms with Crippen molar-refractivity contribution >= 4 is 22.5 Å². The molecule has 3 nitrogen and oxygen atoms in total. The van der Waals surface area contributed by atoms with Crippen molar-refractivity contribution in [2.75, 3.05) is 7.11 Å². The monoisotopic (exact) mass is 266 g/mol. The van der Waals surface area contributed by atoms with Crippen LogP contribution in [-0.2, 0) is 0 Å². The molecule has 0 fully saturated rings. The molecule has 2 aromatic rings. The van der Waals surface area contributed by atoms with Gasteiger partial charge < -0.3 is 4.74 Å². The molecule has 4 heteroatoms. The standard InChI is InChI=1S/C12H13ClN2O.C2H6/c1-6-7(2)11-9(5-10(6)13)8(3)14-12(15-11)16-4;1-2/h5H,1-4H3;1-2H3. The van der Waals surface area contributed by atoms with Crippen LogP contribution in [0.15, 0.2) is 6.07 Å². The molecule has 0 aliphatic carbocycles. The third kappa shape index (κ3) is 2.56. The molecule has 0 N–H and O–H groups in total. The Bertz CT molecular complexity index is 567. The van der Waals surface area contributed by atoms with Crippen molar-refractivity contribution in [3.63, 3.8) is 0 Å². The summed E-state index contributed by atoms with van der Waals surface area (Å²) in [5.41, 5.74) is 3.92. The van der Waals surface area contributed by atoms with Gasteiger partial charge >= 0.3 is 6.01 Å². The number of rotatable bonds is 1. The minimum absolute atomic E-state index is 0.398. The second-order valence-electron chi connectivity index (χ2n) is 3.80. The topological polar surface area (TPSA) is 35.0 Å². The molecule has 0 bridgehead atoms. The second kappa shape index (κ2) is 6.01. The first kappa shape index (κ1) is 14.7. The molecular formula is C14H19ClN2O. The van der Waals surface area contributed by atoms with E-state index in [0.717, 1.165) is 32.7 Å². The van der Waals surface area contributed by atoms with Crippen LogP contribution in [0.2, 0.25) is 5.02 Å². The van der Waals surface area contributed by atoms with Gasteiger partial charge in [0.2, 0.25) is 0 Å². The van der Waals surface area contributed by atoms with E-state index >= 15 is 0 Å². The zero-order chi connectivity index (χ0) is 13.9. The Balaban J connectivity index is 0.000000771. The fourth-order valence-electron chi connectivity index (χ4n) is 1.70. The molecule has 0 aliphatic heterocycles. The van der Waals surface area contributed by atoms with Crippen LogP contribution < -0.4 is 4.74 Å². The summed E-state index contributed by atoms with van der Waals surface area (Å²) in [7, 11) is 1.57. The van der Waals surface area contributed by atoms with E-state index in [1.54, 1.807) is 7.11 Å². The molecule has 1 heterocycles. The summed E-state index contributed by atoms with van der Waals surface area (Å²) in [6.07, 6.45) is 0. The summed E-state index contributed by atoms with van der Waals surface area (Å²) in [5.74, 6) is 0. The fraction of sp³-hybridized carbons (Fsp3) is 0.429. The molecule has 0 amide bonds. The highest BCUT2D eigenvalue weighted by Crippen LogP contribution is 2.29. The lowest BCUT2D eigenvalue weighted by Gasteiger charge is -2.10. The van der Waals surface area contributed by atoms with Crippen LogP contribution in [0.25, 0.3) is 10.9 Å². The Labute approximate surface area is 113 Å². The van der Waals surface area contributed by atoms with E-state index in [1.165, 1.54) is 0 Å². The van der Waals surface area contributed by atoms with Crippen molar-refractivity contribution in [3.8, 4) is 6.01 Å². The Morgan fingerprint density at radius 3 is 2.22 bits per heavy atom. The van der Waals surface area contributed by atoms with Crippen molar-refractivity contribution in [2.45, 2.75) is 34.6 Å². The number of nitrogens with zero attached hydrogens (tertiary/aromatic N) is 2. The lowest BCUT2D eigenvalue weighted by Crippen LogP contribution is -1.98. The average molecular weight is 267 g/mol. The Morgan fingerprint density at radius 1 is 1.06 bits per heavy atom. The zero-order valence-corrected chi connectivity index (χ0v) is 12.5. The lowest BCUT2D eigenvalue weighted by molar-refractivity contribution is 0.381. The molecule has 0 aliphatic rings. The normalized spacial score (nSPS) is 9.94. The third-order valence-electron chi connectivity index (χ3n) is 2.85. The van der Waals surface area contributed by atoms with Gasteiger partial charge in [0.15, 0.2) is 0 Å². The van der Waals surface area contributed by atoms with Crippen LogP contribution in [0, 0.1) is 20.8 Å². The lowest BCUT2D eigenvalue weighted by atomic mass is 10.0. The van der Waals surface area contributed by atoms with Gasteiger partial charge in [-0.05, 0) is 38.0 Å². The van der Waals surface area contributed by atoms with Gasteiger partial charge in [-0.3, -0.25) is 0 Å². The summed E-state index contributed by atoms with van der Waals surface area (Å²) >= 11 is 6.15. The van der Waals surface area contributed by atoms with E-state index in [4.69, 9.17) is 16.3 Å². The van der Waals surface area contributed by atoms with Crippen molar-refractivity contribution in [3.05, 3.63) is 27.9 Å². The molecule has 0 atom stereocenters. The molecule has 0 spiro atoms. The highest BCUT2D eigenvalue weighted by atomic mass is 35.5. The maximum Gasteiger partial charge on any atom is 0.316 e. The maximum atomic E-state index is 6.15. The molecule has 18 heavy (non-hydrogen) atoms. The maximum absolute atomic E-state index is 6.15. The molecule has 0 radical (unpaired) electrons. The van der Waals surface area contributed by atoms with Gasteiger partial charge in [0, 0.05) is 10.4 Å². The third-order valence-corrected chi connectivity index (χ3v) is 3.24. The van der Waals surface area contributed by atoms with Gasteiger partial charge in [0.25, 0.3) is 0 Å². The molecule has 2 rings (SSSR count). The summed E-state index contributed by atoms with van der Waals surface area (Å²) in [6, 6.07) is 2.31. The summed E-state index contributed by atoms with van der Waals surface area (Å²) in [6.45, 7) is 9.92. The predicted molar refractivity (Wildman–Crippen MR) is 76.7 cm³/mol. The molecule has 98 valence electrons. The number of halogens is 1. The number of fused-ring (bicyclic) bond motifs is 1. The quantitative estimate of drug-likeness (QED) is 0.774. The summed E-state index contributed by atoms with van der Waals surface area (Å²) < 4.78 is 5.07. The van der Waals surface area contributed by atoms with Crippen LogP contribution in [-0.4, -0.2) is 17.1 Å². The Hall–Kier alpha value is -1.35. The van der Waals surface area contributed by atoms with Crippen LogP contribution in [0.1, 0.15) is 30.7 Å². The van der Waals surface area contributed by atoms with Gasteiger partial charge in [-0.2, -0.15) is 9.97 Å². The average Bonchev–Trinajstić information content (AvgIpc) is 2.39. The number of benzene rings is 1. The second-order valence-corrected chi connectivity index (χ2v) is 4.21. The van der Waals surface area contributed by atoms with Gasteiger partial charge in [-0.15, -0.1) is 0 Å². The van der Waals surface area contributed by atoms with E-state index in [1.807, 2.05) is 40.7 Å². The minimum atomic E-state index is 0.398. The van der Waals surface area contributed by atoms with Crippen LogP contribution >= 0.6 is 11.6 Å². The van der Waals surface area contributed by atoms with E-state index in [2.05, 4.69) is 9.97 Å². The number of hydrogen-bond acceptors (Lipinski definition) is 3. The highest BCUT2D eigenvalue weighted by molar-refractivity contribution is 6.32. The highest BCUT2D eigenvalue weighted by Gasteiger charge is 2.11. The van der Waals surface area contributed by atoms with E-state index in [-0.39, 0.29) is 0 Å². The first-order chi connectivity index (χ1) is 8.54. The number of aryl methyl sites for hydroxylation is 2. The first-order valence-corrected chi connectivity index (χ1v) is 6.40. The summed E-state index contributed by atoms with van der Waals surface area (Å²) in [5, 5.41) is 1.73. The van der Waals surface area contributed by atoms with Gasteiger partial charge in [-0.25, -0.2) is 0 Å². The zero-order valence-electron chi connectivity index (χ0n) is 11.8. The molecule has 0 unspecified atom stereocenters. The molecule has 1 aromatic carbocycles. The largest absolute Gasteiger partial charge is 0.467 e. The van der Waals surface area contributed by atoms with Gasteiger partial charge in [0.05, 0.1) is 18.3 Å². The number of aromatic nitrogens is 2. The van der Waals surface area contributed by atoms with Crippen molar-refractivity contribution in [1.82, 2.24) is 9.97 Å². The van der Waals surface area contributed by atoms with Crippen LogP contribution in [0.4, 0.5) is 0 Å². The molecule has 1 aromatic heterocycles. The Kier molecular flexibility index (Phi) is 4.91. The smallest absolute Gasteiger partial charge is 0.316 e. The van der Waals surface area contributed by atoms with E-state index in [0.29, 0.717) is 6.01 Å². The van der Waals surface area contributed by atoms with Crippen molar-refractivity contribution in [2.24, 2.45) is 0 Å². The molecule has 0 saturated heterocycles. The minimum Gasteiger partial charge on any atom is -0.467 e. The van der Waals surface area contributed by atoms with E-state index in [9.17, 15) is 0 Å². The number of hydrogen-bond donors (Lipinski definition) is 0. The van der Waals surface area contributed by atoms with Crippen LogP contribution in [0.5, 0.6) is 6.01 Å². The van der Waals surface area contributed by atoms with Gasteiger partial charge in [0.1, 0.15) is 0 Å². The predicted octanol–water partition coefficient (Wildman–Crippen LogP) is 4.24. The van der Waals surface area contributed by atoms with Gasteiger partial charge in [-0.1, -0.05) is 25.4 Å². The van der Waals surface area contributed by atoms with Crippen molar-refractivity contribution < 1.29 is 4.74 Å². The fourth-order valence-corrected chi connectivity index (χ4v) is 1.95. The Morgan fingerprint density at radius 2 is 1.67 bits per heavy atom. The van der Waals surface area contributed by atoms with Crippen LogP contribution in [0.3, 0.4) is 0 Å². The molecular weight excluding hydrogens is 248 g/mol. The molecule has 0 saturated carbocycles. The van der Waals surface area contributed by atoms with E-state index < -0.39 is 0 Å². The van der Waals surface area contributed by atoms with Crippen molar-refractivity contribution in [1.29, 1.82) is 0 Å². The number of methoxy groups -OCH3 is 1.